The minimum absolute atomic E-state index is 0.0607. The highest BCUT2D eigenvalue weighted by molar-refractivity contribution is 7.89. The molecule has 0 saturated heterocycles. The third kappa shape index (κ3) is 6.82. The molecule has 2 amide bonds. The second-order valence-corrected chi connectivity index (χ2v) is 11.7. The van der Waals surface area contributed by atoms with E-state index in [0.29, 0.717) is 23.1 Å². The summed E-state index contributed by atoms with van der Waals surface area (Å²) < 4.78 is 33.5. The summed E-state index contributed by atoms with van der Waals surface area (Å²) in [7, 11) is -1.94. The number of benzene rings is 2. The Hall–Kier alpha value is -2.29. The number of carbonyl (C=O) groups is 2. The van der Waals surface area contributed by atoms with Crippen LogP contribution in [0, 0.1) is 0 Å². The third-order valence-electron chi connectivity index (χ3n) is 6.38. The molecule has 38 heavy (non-hydrogen) atoms. The van der Waals surface area contributed by atoms with Crippen molar-refractivity contribution in [3.05, 3.63) is 63.1 Å². The van der Waals surface area contributed by atoms with Crippen LogP contribution < -0.4 is 16.2 Å². The lowest BCUT2D eigenvalue weighted by Gasteiger charge is -2.33. The van der Waals surface area contributed by atoms with Gasteiger partial charge in [0.25, 0.3) is 5.91 Å². The van der Waals surface area contributed by atoms with E-state index in [4.69, 9.17) is 39.4 Å². The van der Waals surface area contributed by atoms with Crippen molar-refractivity contribution in [2.45, 2.75) is 35.5 Å². The molecule has 11 nitrogen and oxygen atoms in total. The molecule has 3 rings (SSSR count). The number of nitrogens with zero attached hydrogens (tertiary/aromatic N) is 1. The van der Waals surface area contributed by atoms with Gasteiger partial charge in [0, 0.05) is 42.0 Å². The van der Waals surface area contributed by atoms with Gasteiger partial charge in [0.05, 0.1) is 18.1 Å². The van der Waals surface area contributed by atoms with E-state index in [1.165, 1.54) is 6.07 Å². The molecule has 208 valence electrons. The molecule has 1 heterocycles. The molecule has 14 heteroatoms. The lowest BCUT2D eigenvalue weighted by Crippen LogP contribution is -2.58. The largest absolute Gasteiger partial charge is 0.380 e. The van der Waals surface area contributed by atoms with Gasteiger partial charge in [-0.2, -0.15) is 0 Å². The van der Waals surface area contributed by atoms with Crippen LogP contribution >= 0.6 is 23.2 Å². The minimum Gasteiger partial charge on any atom is -0.380 e. The number of aliphatic hydroxyl groups excluding tert-OH is 1. The summed E-state index contributed by atoms with van der Waals surface area (Å²) in [6.45, 7) is 0.745. The quantitative estimate of drug-likeness (QED) is 0.219. The van der Waals surface area contributed by atoms with E-state index in [-0.39, 0.29) is 30.6 Å². The maximum absolute atomic E-state index is 12.9. The predicted molar refractivity (Wildman–Crippen MR) is 141 cm³/mol. The molecular weight excluding hydrogens is 559 g/mol. The number of rotatable bonds is 12. The molecule has 0 aromatic heterocycles. The highest BCUT2D eigenvalue weighted by atomic mass is 35.5. The predicted octanol–water partition coefficient (Wildman–Crippen LogP) is 0.318. The first-order valence-corrected chi connectivity index (χ1v) is 13.8. The van der Waals surface area contributed by atoms with Crippen LogP contribution in [0.4, 0.5) is 0 Å². The monoisotopic (exact) mass is 588 g/mol. The van der Waals surface area contributed by atoms with Gasteiger partial charge in [0.2, 0.25) is 15.9 Å². The summed E-state index contributed by atoms with van der Waals surface area (Å²) in [5, 5.41) is 20.9. The molecule has 2 aromatic carbocycles. The number of likely N-dealkylation sites (N-methyl/N-ethyl adjacent to an activating group) is 1. The standard InChI is InChI=1S/C24H30Cl2N4O7S/c1-30-12-18(17-10-15(25)11-20(26)19(17)13-30)14-3-2-4-16(9-14)38(35,36)29-6-8-37-7-5-24(34,23(28)33)21(31)22(27)32/h2-4,9-11,18,21,29,31,34H,5-8,12-13H2,1H3,(H2,27,32)(H2,28,33)/t18-,21?,24?/m1/s1. The van der Waals surface area contributed by atoms with Crippen molar-refractivity contribution >= 4 is 45.0 Å². The van der Waals surface area contributed by atoms with Crippen LogP contribution in [0.5, 0.6) is 0 Å². The van der Waals surface area contributed by atoms with Crippen molar-refractivity contribution in [1.82, 2.24) is 9.62 Å². The van der Waals surface area contributed by atoms with Crippen molar-refractivity contribution < 1.29 is 33.0 Å². The van der Waals surface area contributed by atoms with E-state index >= 15 is 0 Å². The number of amides is 2. The Bertz CT molecular complexity index is 1310. The zero-order chi connectivity index (χ0) is 28.3. The first-order chi connectivity index (χ1) is 17.8. The molecule has 0 fully saturated rings. The molecule has 1 aliphatic heterocycles. The van der Waals surface area contributed by atoms with Gasteiger partial charge in [-0.1, -0.05) is 35.3 Å². The fourth-order valence-electron chi connectivity index (χ4n) is 4.32. The van der Waals surface area contributed by atoms with Crippen molar-refractivity contribution in [3.8, 4) is 0 Å². The Morgan fingerprint density at radius 2 is 1.95 bits per heavy atom. The van der Waals surface area contributed by atoms with E-state index in [1.54, 1.807) is 18.2 Å². The van der Waals surface area contributed by atoms with E-state index in [2.05, 4.69) is 9.62 Å². The van der Waals surface area contributed by atoms with Gasteiger partial charge in [-0.25, -0.2) is 13.1 Å². The number of fused-ring (bicyclic) bond motifs is 1. The van der Waals surface area contributed by atoms with Gasteiger partial charge < -0.3 is 31.3 Å². The van der Waals surface area contributed by atoms with Gasteiger partial charge in [-0.05, 0) is 48.0 Å². The zero-order valence-corrected chi connectivity index (χ0v) is 22.9. The summed E-state index contributed by atoms with van der Waals surface area (Å²) in [5.74, 6) is -2.81. The van der Waals surface area contributed by atoms with Crippen molar-refractivity contribution in [2.24, 2.45) is 11.5 Å². The molecule has 0 aliphatic carbocycles. The Labute approximate surface area is 230 Å². The number of halogens is 2. The van der Waals surface area contributed by atoms with Crippen molar-refractivity contribution in [2.75, 3.05) is 33.4 Å². The summed E-state index contributed by atoms with van der Waals surface area (Å²) >= 11 is 12.7. The smallest absolute Gasteiger partial charge is 0.252 e. The first-order valence-electron chi connectivity index (χ1n) is 11.6. The molecule has 0 bridgehead atoms. The molecule has 0 spiro atoms. The van der Waals surface area contributed by atoms with Crippen molar-refractivity contribution in [1.29, 1.82) is 0 Å². The topological polar surface area (TPSA) is 185 Å². The van der Waals surface area contributed by atoms with E-state index in [1.807, 2.05) is 19.2 Å². The maximum Gasteiger partial charge on any atom is 0.252 e. The van der Waals surface area contributed by atoms with Crippen LogP contribution in [0.3, 0.4) is 0 Å². The average molecular weight is 589 g/mol. The van der Waals surface area contributed by atoms with Gasteiger partial charge >= 0.3 is 0 Å². The summed E-state index contributed by atoms with van der Waals surface area (Å²) in [6.07, 6.45) is -2.73. The van der Waals surface area contributed by atoms with Crippen LogP contribution in [0.25, 0.3) is 0 Å². The number of hydrogen-bond donors (Lipinski definition) is 5. The van der Waals surface area contributed by atoms with Crippen LogP contribution in [-0.2, 0) is 30.9 Å². The molecule has 2 aromatic rings. The van der Waals surface area contributed by atoms with E-state index in [0.717, 1.165) is 16.7 Å². The number of sulfonamides is 1. The zero-order valence-electron chi connectivity index (χ0n) is 20.6. The number of ether oxygens (including phenoxy) is 1. The lowest BCUT2D eigenvalue weighted by molar-refractivity contribution is -0.161. The number of aliphatic hydroxyl groups is 2. The molecular formula is C24H30Cl2N4O7S. The number of carbonyl (C=O) groups excluding carboxylic acids is 2. The summed E-state index contributed by atoms with van der Waals surface area (Å²) in [4.78, 5) is 24.8. The molecule has 0 saturated carbocycles. The summed E-state index contributed by atoms with van der Waals surface area (Å²) in [5.41, 5.74) is 10.1. The third-order valence-corrected chi connectivity index (χ3v) is 8.39. The van der Waals surface area contributed by atoms with Crippen LogP contribution in [0.2, 0.25) is 10.0 Å². The van der Waals surface area contributed by atoms with Gasteiger partial charge in [0.15, 0.2) is 11.7 Å². The molecule has 0 radical (unpaired) electrons. The van der Waals surface area contributed by atoms with Gasteiger partial charge in [-0.15, -0.1) is 0 Å². The Morgan fingerprint density at radius 1 is 1.24 bits per heavy atom. The summed E-state index contributed by atoms with van der Waals surface area (Å²) in [6, 6.07) is 10.1. The number of nitrogens with one attached hydrogen (secondary N) is 1. The van der Waals surface area contributed by atoms with E-state index in [9.17, 15) is 28.2 Å². The fourth-order valence-corrected chi connectivity index (χ4v) is 5.96. The van der Waals surface area contributed by atoms with Crippen molar-refractivity contribution in [3.63, 3.8) is 0 Å². The highest BCUT2D eigenvalue weighted by Crippen LogP contribution is 2.38. The molecule has 2 unspecified atom stereocenters. The highest BCUT2D eigenvalue weighted by Gasteiger charge is 2.44. The number of nitrogens with two attached hydrogens (primary N) is 2. The minimum atomic E-state index is -3.90. The molecule has 3 atom stereocenters. The Kier molecular flexibility index (Phi) is 9.76. The first kappa shape index (κ1) is 30.3. The molecule has 1 aliphatic rings. The second-order valence-electron chi connectivity index (χ2n) is 9.13. The molecule has 7 N–H and O–H groups in total. The van der Waals surface area contributed by atoms with Crippen LogP contribution in [0.15, 0.2) is 41.3 Å². The fraction of sp³-hybridized carbons (Fsp3) is 0.417. The second kappa shape index (κ2) is 12.3. The maximum atomic E-state index is 12.9. The Morgan fingerprint density at radius 3 is 2.61 bits per heavy atom. The van der Waals surface area contributed by atoms with Crippen LogP contribution in [-0.4, -0.2) is 80.4 Å². The SMILES string of the molecule is CN1Cc2c(Cl)cc(Cl)cc2[C@@H](c2cccc(S(=O)(=O)NCCOCCC(O)(C(N)=O)C(O)C(N)=O)c2)C1. The van der Waals surface area contributed by atoms with E-state index < -0.39 is 40.0 Å². The number of hydrogen-bond acceptors (Lipinski definition) is 8. The average Bonchev–Trinajstić information content (AvgIpc) is 2.85. The van der Waals surface area contributed by atoms with Gasteiger partial charge in [0.1, 0.15) is 0 Å². The van der Waals surface area contributed by atoms with Crippen LogP contribution in [0.1, 0.15) is 29.0 Å². The normalized spacial score (nSPS) is 18.4. The lowest BCUT2D eigenvalue weighted by atomic mass is 9.85. The number of primary amides is 2. The van der Waals surface area contributed by atoms with Gasteiger partial charge in [-0.3, -0.25) is 9.59 Å². The Balaban J connectivity index is 1.64.